The number of thioether (sulfide) groups is 1. The molecule has 0 bridgehead atoms. The third-order valence-corrected chi connectivity index (χ3v) is 5.64. The Hall–Kier alpha value is 0.0500. The Balaban J connectivity index is 1.78. The molecule has 1 aromatic rings. The van der Waals surface area contributed by atoms with Gasteiger partial charge in [-0.05, 0) is 36.8 Å². The van der Waals surface area contributed by atoms with E-state index in [9.17, 15) is 0 Å². The number of halogens is 1. The van der Waals surface area contributed by atoms with Crippen LogP contribution in [0.4, 0.5) is 0 Å². The van der Waals surface area contributed by atoms with Crippen molar-refractivity contribution in [2.24, 2.45) is 0 Å². The molecule has 0 radical (unpaired) electrons. The second-order valence-electron chi connectivity index (χ2n) is 4.86. The maximum absolute atomic E-state index is 3.77. The second kappa shape index (κ2) is 6.84. The van der Waals surface area contributed by atoms with Crippen molar-refractivity contribution in [1.82, 2.24) is 0 Å². The van der Waals surface area contributed by atoms with Crippen LogP contribution in [-0.4, -0.2) is 10.6 Å². The molecule has 0 N–H and O–H groups in total. The number of benzene rings is 1. The van der Waals surface area contributed by atoms with Crippen LogP contribution in [0.2, 0.25) is 0 Å². The summed E-state index contributed by atoms with van der Waals surface area (Å²) in [5.41, 5.74) is 1.60. The van der Waals surface area contributed by atoms with E-state index in [0.717, 1.165) is 10.7 Å². The fourth-order valence-corrected chi connectivity index (χ4v) is 4.60. The Labute approximate surface area is 118 Å². The molecule has 0 nitrogen and oxygen atoms in total. The first-order chi connectivity index (χ1) is 8.31. The maximum atomic E-state index is 3.77. The van der Waals surface area contributed by atoms with Gasteiger partial charge in [-0.1, -0.05) is 53.9 Å². The third-order valence-electron chi connectivity index (χ3n) is 3.47. The number of rotatable bonds is 6. The van der Waals surface area contributed by atoms with E-state index < -0.39 is 0 Å². The summed E-state index contributed by atoms with van der Waals surface area (Å²) < 4.78 is 0. The summed E-state index contributed by atoms with van der Waals surface area (Å²) in [5.74, 6) is 2.10. The van der Waals surface area contributed by atoms with Crippen LogP contribution in [0.1, 0.15) is 50.5 Å². The van der Waals surface area contributed by atoms with Crippen molar-refractivity contribution in [1.29, 1.82) is 0 Å². The minimum Gasteiger partial charge on any atom is -0.125 e. The molecule has 0 fully saturated rings. The molecule has 94 valence electrons. The molecule has 0 saturated heterocycles. The lowest BCUT2D eigenvalue weighted by Gasteiger charge is -2.12. The zero-order chi connectivity index (χ0) is 12.1. The number of alkyl halides is 1. The van der Waals surface area contributed by atoms with Crippen LogP contribution < -0.4 is 0 Å². The van der Waals surface area contributed by atoms with Crippen molar-refractivity contribution in [3.05, 3.63) is 29.8 Å². The van der Waals surface area contributed by atoms with E-state index in [1.165, 1.54) is 42.8 Å². The standard InChI is InChI=1S/C15H21BrS/c1-2-6-13(16)8-5-7-12-11-17-15-10-4-3-9-14(12)15/h3-4,9-10,12-13H,2,5-8,11H2,1H3. The molecule has 2 rings (SSSR count). The van der Waals surface area contributed by atoms with Gasteiger partial charge in [0.1, 0.15) is 0 Å². The quantitative estimate of drug-likeness (QED) is 0.615. The molecule has 1 aromatic carbocycles. The first kappa shape index (κ1) is 13.5. The summed E-state index contributed by atoms with van der Waals surface area (Å²) in [4.78, 5) is 2.25. The largest absolute Gasteiger partial charge is 0.125 e. The van der Waals surface area contributed by atoms with Gasteiger partial charge in [-0.15, -0.1) is 11.8 Å². The lowest BCUT2D eigenvalue weighted by Crippen LogP contribution is -2.01. The predicted molar refractivity (Wildman–Crippen MR) is 81.4 cm³/mol. The fraction of sp³-hybridized carbons (Fsp3) is 0.600. The molecule has 0 spiro atoms. The number of hydrogen-bond acceptors (Lipinski definition) is 1. The highest BCUT2D eigenvalue weighted by molar-refractivity contribution is 9.09. The van der Waals surface area contributed by atoms with Gasteiger partial charge in [-0.25, -0.2) is 0 Å². The first-order valence-corrected chi connectivity index (χ1v) is 8.57. The molecule has 0 saturated carbocycles. The summed E-state index contributed by atoms with van der Waals surface area (Å²) in [6.45, 7) is 2.26. The molecule has 17 heavy (non-hydrogen) atoms. The average Bonchev–Trinajstić information content (AvgIpc) is 2.73. The summed E-state index contributed by atoms with van der Waals surface area (Å²) in [5, 5.41) is 0. The fourth-order valence-electron chi connectivity index (χ4n) is 2.51. The van der Waals surface area contributed by atoms with E-state index >= 15 is 0 Å². The zero-order valence-electron chi connectivity index (χ0n) is 10.5. The lowest BCUT2D eigenvalue weighted by molar-refractivity contribution is 0.584. The van der Waals surface area contributed by atoms with Gasteiger partial charge in [0.05, 0.1) is 0 Å². The van der Waals surface area contributed by atoms with Crippen LogP contribution in [0, 0.1) is 0 Å². The van der Waals surface area contributed by atoms with Crippen molar-refractivity contribution >= 4 is 27.7 Å². The Kier molecular flexibility index (Phi) is 5.43. The molecular weight excluding hydrogens is 292 g/mol. The Morgan fingerprint density at radius 3 is 3.00 bits per heavy atom. The maximum Gasteiger partial charge on any atom is 0.0145 e. The summed E-state index contributed by atoms with van der Waals surface area (Å²) >= 11 is 5.81. The SMILES string of the molecule is CCCC(Br)CCCC1CSc2ccccc21. The monoisotopic (exact) mass is 312 g/mol. The lowest BCUT2D eigenvalue weighted by atomic mass is 9.95. The Morgan fingerprint density at radius 1 is 1.35 bits per heavy atom. The van der Waals surface area contributed by atoms with E-state index in [0.29, 0.717) is 0 Å². The number of hydrogen-bond donors (Lipinski definition) is 0. The topological polar surface area (TPSA) is 0 Å². The minimum absolute atomic E-state index is 0.733. The van der Waals surface area contributed by atoms with Crippen LogP contribution in [0.3, 0.4) is 0 Å². The van der Waals surface area contributed by atoms with E-state index in [4.69, 9.17) is 0 Å². The highest BCUT2D eigenvalue weighted by Gasteiger charge is 2.22. The molecule has 1 aliphatic rings. The van der Waals surface area contributed by atoms with E-state index in [1.54, 1.807) is 5.56 Å². The van der Waals surface area contributed by atoms with Crippen LogP contribution >= 0.6 is 27.7 Å². The van der Waals surface area contributed by atoms with Gasteiger partial charge in [0.15, 0.2) is 0 Å². The van der Waals surface area contributed by atoms with Gasteiger partial charge in [-0.3, -0.25) is 0 Å². The summed E-state index contributed by atoms with van der Waals surface area (Å²) in [6.07, 6.45) is 6.65. The molecule has 2 heteroatoms. The van der Waals surface area contributed by atoms with Gasteiger partial charge >= 0.3 is 0 Å². The van der Waals surface area contributed by atoms with E-state index in [-0.39, 0.29) is 0 Å². The smallest absolute Gasteiger partial charge is 0.0145 e. The molecule has 1 aliphatic heterocycles. The van der Waals surface area contributed by atoms with Crippen molar-refractivity contribution in [3.8, 4) is 0 Å². The normalized spacial score (nSPS) is 20.2. The first-order valence-electron chi connectivity index (χ1n) is 6.67. The van der Waals surface area contributed by atoms with Crippen molar-refractivity contribution < 1.29 is 0 Å². The number of fused-ring (bicyclic) bond motifs is 1. The van der Waals surface area contributed by atoms with Crippen LogP contribution in [0.15, 0.2) is 29.2 Å². The minimum atomic E-state index is 0.733. The predicted octanol–water partition coefficient (Wildman–Crippen LogP) is 5.61. The third kappa shape index (κ3) is 3.75. The van der Waals surface area contributed by atoms with Crippen LogP contribution in [0.5, 0.6) is 0 Å². The van der Waals surface area contributed by atoms with Crippen molar-refractivity contribution in [3.63, 3.8) is 0 Å². The van der Waals surface area contributed by atoms with Gasteiger partial charge in [-0.2, -0.15) is 0 Å². The molecule has 2 atom stereocenters. The van der Waals surface area contributed by atoms with E-state index in [2.05, 4.69) is 47.1 Å². The second-order valence-corrected chi connectivity index (χ2v) is 7.22. The van der Waals surface area contributed by atoms with Gasteiger partial charge in [0.25, 0.3) is 0 Å². The summed E-state index contributed by atoms with van der Waals surface area (Å²) in [7, 11) is 0. The van der Waals surface area contributed by atoms with Crippen molar-refractivity contribution in [2.75, 3.05) is 5.75 Å². The van der Waals surface area contributed by atoms with Gasteiger partial charge < -0.3 is 0 Å². The Bertz CT molecular complexity index is 351. The summed E-state index contributed by atoms with van der Waals surface area (Å²) in [6, 6.07) is 8.92. The molecule has 0 amide bonds. The van der Waals surface area contributed by atoms with E-state index in [1.807, 2.05) is 11.8 Å². The zero-order valence-corrected chi connectivity index (χ0v) is 12.9. The van der Waals surface area contributed by atoms with Crippen LogP contribution in [0.25, 0.3) is 0 Å². The molecular formula is C15H21BrS. The molecule has 2 unspecified atom stereocenters. The molecule has 0 aromatic heterocycles. The van der Waals surface area contributed by atoms with Crippen LogP contribution in [-0.2, 0) is 0 Å². The Morgan fingerprint density at radius 2 is 2.18 bits per heavy atom. The average molecular weight is 313 g/mol. The van der Waals surface area contributed by atoms with Gasteiger partial charge in [0, 0.05) is 15.5 Å². The van der Waals surface area contributed by atoms with Crippen molar-refractivity contribution in [2.45, 2.75) is 54.7 Å². The van der Waals surface area contributed by atoms with Gasteiger partial charge in [0.2, 0.25) is 0 Å². The highest BCUT2D eigenvalue weighted by Crippen LogP contribution is 2.41. The highest BCUT2D eigenvalue weighted by atomic mass is 79.9. The molecule has 1 heterocycles. The molecule has 0 aliphatic carbocycles.